The Labute approximate surface area is 107 Å². The van der Waals surface area contributed by atoms with Crippen LogP contribution >= 0.6 is 0 Å². The van der Waals surface area contributed by atoms with Gasteiger partial charge in [-0.25, -0.2) is 0 Å². The molecule has 1 rings (SSSR count). The molecule has 0 fully saturated rings. The highest BCUT2D eigenvalue weighted by atomic mass is 16.2. The second-order valence-electron chi connectivity index (χ2n) is 4.02. The number of carbonyl (C=O) groups is 2. The Morgan fingerprint density at radius 1 is 1.17 bits per heavy atom. The van der Waals surface area contributed by atoms with Gasteiger partial charge < -0.3 is 15.5 Å². The number of rotatable bonds is 5. The standard InChI is InChI=1S/C13H19N3O2/c1-4-16(3)13(18)9-14-11-5-7-12(8-6-11)15-10(2)17/h5-8,14H,4,9H2,1-3H3,(H,15,17). The first kappa shape index (κ1) is 14.0. The smallest absolute Gasteiger partial charge is 0.241 e. The zero-order valence-corrected chi connectivity index (χ0v) is 11.0. The molecule has 0 aliphatic carbocycles. The third-order valence-electron chi connectivity index (χ3n) is 2.55. The van der Waals surface area contributed by atoms with E-state index in [0.717, 1.165) is 11.4 Å². The molecular formula is C13H19N3O2. The van der Waals surface area contributed by atoms with E-state index in [-0.39, 0.29) is 18.4 Å². The third kappa shape index (κ3) is 4.45. The number of amides is 2. The number of benzene rings is 1. The fraction of sp³-hybridized carbons (Fsp3) is 0.385. The molecule has 2 amide bonds. The molecule has 0 aliphatic rings. The zero-order chi connectivity index (χ0) is 13.5. The van der Waals surface area contributed by atoms with Crippen LogP contribution in [0, 0.1) is 0 Å². The van der Waals surface area contributed by atoms with Crippen LogP contribution in [0.2, 0.25) is 0 Å². The van der Waals surface area contributed by atoms with Gasteiger partial charge in [-0.05, 0) is 31.2 Å². The normalized spacial score (nSPS) is 9.72. The van der Waals surface area contributed by atoms with Crippen molar-refractivity contribution >= 4 is 23.2 Å². The molecule has 1 aromatic carbocycles. The SMILES string of the molecule is CCN(C)C(=O)CNc1ccc(NC(C)=O)cc1. The van der Waals surface area contributed by atoms with E-state index in [9.17, 15) is 9.59 Å². The van der Waals surface area contributed by atoms with Gasteiger partial charge >= 0.3 is 0 Å². The van der Waals surface area contributed by atoms with E-state index < -0.39 is 0 Å². The molecule has 0 aliphatic heterocycles. The Hall–Kier alpha value is -2.04. The van der Waals surface area contributed by atoms with Gasteiger partial charge in [-0.2, -0.15) is 0 Å². The van der Waals surface area contributed by atoms with E-state index in [1.165, 1.54) is 6.92 Å². The van der Waals surface area contributed by atoms with E-state index in [4.69, 9.17) is 0 Å². The summed E-state index contributed by atoms with van der Waals surface area (Å²) in [5.74, 6) is -0.0566. The first-order valence-corrected chi connectivity index (χ1v) is 5.88. The zero-order valence-electron chi connectivity index (χ0n) is 11.0. The number of hydrogen-bond donors (Lipinski definition) is 2. The van der Waals surface area contributed by atoms with Crippen molar-refractivity contribution in [2.75, 3.05) is 30.8 Å². The van der Waals surface area contributed by atoms with Gasteiger partial charge in [-0.1, -0.05) is 0 Å². The van der Waals surface area contributed by atoms with Crippen LogP contribution in [0.15, 0.2) is 24.3 Å². The van der Waals surface area contributed by atoms with Gasteiger partial charge in [-0.15, -0.1) is 0 Å². The molecular weight excluding hydrogens is 230 g/mol. The van der Waals surface area contributed by atoms with Crippen LogP contribution in [0.4, 0.5) is 11.4 Å². The molecule has 0 heterocycles. The maximum absolute atomic E-state index is 11.6. The lowest BCUT2D eigenvalue weighted by atomic mass is 10.2. The predicted octanol–water partition coefficient (Wildman–Crippen LogP) is 1.54. The molecule has 0 unspecified atom stereocenters. The molecule has 0 atom stereocenters. The number of carbonyl (C=O) groups excluding carboxylic acids is 2. The Kier molecular flexibility index (Phi) is 5.17. The lowest BCUT2D eigenvalue weighted by molar-refractivity contribution is -0.127. The van der Waals surface area contributed by atoms with Crippen molar-refractivity contribution in [2.45, 2.75) is 13.8 Å². The summed E-state index contributed by atoms with van der Waals surface area (Å²) in [6.45, 7) is 4.36. The molecule has 2 N–H and O–H groups in total. The Morgan fingerprint density at radius 2 is 1.72 bits per heavy atom. The molecule has 5 heteroatoms. The number of hydrogen-bond acceptors (Lipinski definition) is 3. The average Bonchev–Trinajstić information content (AvgIpc) is 2.36. The van der Waals surface area contributed by atoms with E-state index in [1.54, 1.807) is 24.1 Å². The summed E-state index contributed by atoms with van der Waals surface area (Å²) < 4.78 is 0. The van der Waals surface area contributed by atoms with Crippen LogP contribution in [0.5, 0.6) is 0 Å². The van der Waals surface area contributed by atoms with E-state index in [1.807, 2.05) is 19.1 Å². The quantitative estimate of drug-likeness (QED) is 0.832. The van der Waals surface area contributed by atoms with Crippen LogP contribution in [0.1, 0.15) is 13.8 Å². The van der Waals surface area contributed by atoms with Crippen LogP contribution in [0.25, 0.3) is 0 Å². The molecule has 1 aromatic rings. The summed E-state index contributed by atoms with van der Waals surface area (Å²) in [6, 6.07) is 7.23. The van der Waals surface area contributed by atoms with Crippen molar-refractivity contribution in [1.29, 1.82) is 0 Å². The lowest BCUT2D eigenvalue weighted by Gasteiger charge is -2.15. The van der Waals surface area contributed by atoms with Crippen LogP contribution in [-0.4, -0.2) is 36.9 Å². The second-order valence-corrected chi connectivity index (χ2v) is 4.02. The van der Waals surface area contributed by atoms with Crippen LogP contribution in [0.3, 0.4) is 0 Å². The summed E-state index contributed by atoms with van der Waals surface area (Å²) >= 11 is 0. The first-order chi connectivity index (χ1) is 8.52. The summed E-state index contributed by atoms with van der Waals surface area (Å²) in [5.41, 5.74) is 1.59. The monoisotopic (exact) mass is 249 g/mol. The Balaban J connectivity index is 2.49. The average molecular weight is 249 g/mol. The summed E-state index contributed by atoms with van der Waals surface area (Å²) in [4.78, 5) is 24.1. The minimum absolute atomic E-state index is 0.0448. The van der Waals surface area contributed by atoms with Crippen LogP contribution < -0.4 is 10.6 Å². The summed E-state index contributed by atoms with van der Waals surface area (Å²) in [6.07, 6.45) is 0. The number of likely N-dealkylation sites (N-methyl/N-ethyl adjacent to an activating group) is 1. The van der Waals surface area contributed by atoms with Gasteiger partial charge in [0, 0.05) is 31.9 Å². The van der Waals surface area contributed by atoms with Gasteiger partial charge in [0.1, 0.15) is 0 Å². The van der Waals surface area contributed by atoms with E-state index in [2.05, 4.69) is 10.6 Å². The number of nitrogens with one attached hydrogen (secondary N) is 2. The third-order valence-corrected chi connectivity index (χ3v) is 2.55. The van der Waals surface area contributed by atoms with Gasteiger partial charge in [-0.3, -0.25) is 9.59 Å². The van der Waals surface area contributed by atoms with Gasteiger partial charge in [0.05, 0.1) is 6.54 Å². The Morgan fingerprint density at radius 3 is 2.22 bits per heavy atom. The molecule has 0 radical (unpaired) electrons. The predicted molar refractivity (Wildman–Crippen MR) is 72.5 cm³/mol. The molecule has 18 heavy (non-hydrogen) atoms. The number of anilines is 2. The minimum Gasteiger partial charge on any atom is -0.376 e. The van der Waals surface area contributed by atoms with Crippen molar-refractivity contribution in [3.63, 3.8) is 0 Å². The maximum atomic E-state index is 11.6. The fourth-order valence-electron chi connectivity index (χ4n) is 1.36. The van der Waals surface area contributed by atoms with E-state index >= 15 is 0 Å². The maximum Gasteiger partial charge on any atom is 0.241 e. The molecule has 98 valence electrons. The lowest BCUT2D eigenvalue weighted by Crippen LogP contribution is -2.31. The Bertz CT molecular complexity index is 415. The topological polar surface area (TPSA) is 61.4 Å². The van der Waals surface area contributed by atoms with Crippen molar-refractivity contribution in [2.24, 2.45) is 0 Å². The highest BCUT2D eigenvalue weighted by Gasteiger charge is 2.05. The number of nitrogens with zero attached hydrogens (tertiary/aromatic N) is 1. The van der Waals surface area contributed by atoms with Crippen molar-refractivity contribution < 1.29 is 9.59 Å². The molecule has 0 aromatic heterocycles. The highest BCUT2D eigenvalue weighted by molar-refractivity contribution is 5.88. The van der Waals surface area contributed by atoms with Gasteiger partial charge in [0.15, 0.2) is 0 Å². The van der Waals surface area contributed by atoms with Gasteiger partial charge in [0.2, 0.25) is 11.8 Å². The van der Waals surface area contributed by atoms with Gasteiger partial charge in [0.25, 0.3) is 0 Å². The molecule has 0 saturated carbocycles. The van der Waals surface area contributed by atoms with Crippen molar-refractivity contribution in [1.82, 2.24) is 4.90 Å². The summed E-state index contributed by atoms with van der Waals surface area (Å²) in [5, 5.41) is 5.72. The molecule has 0 bridgehead atoms. The molecule has 5 nitrogen and oxygen atoms in total. The molecule has 0 spiro atoms. The molecule has 0 saturated heterocycles. The largest absolute Gasteiger partial charge is 0.376 e. The fourth-order valence-corrected chi connectivity index (χ4v) is 1.36. The highest BCUT2D eigenvalue weighted by Crippen LogP contribution is 2.13. The minimum atomic E-state index is -0.101. The van der Waals surface area contributed by atoms with Crippen LogP contribution in [-0.2, 0) is 9.59 Å². The first-order valence-electron chi connectivity index (χ1n) is 5.88. The summed E-state index contributed by atoms with van der Waals surface area (Å²) in [7, 11) is 1.77. The van der Waals surface area contributed by atoms with Crippen molar-refractivity contribution in [3.05, 3.63) is 24.3 Å². The van der Waals surface area contributed by atoms with E-state index in [0.29, 0.717) is 6.54 Å². The second kappa shape index (κ2) is 6.64. The van der Waals surface area contributed by atoms with Crippen molar-refractivity contribution in [3.8, 4) is 0 Å².